The van der Waals surface area contributed by atoms with Gasteiger partial charge in [0.1, 0.15) is 17.2 Å². The molecule has 0 radical (unpaired) electrons. The van der Waals surface area contributed by atoms with E-state index in [1.54, 1.807) is 0 Å². The van der Waals surface area contributed by atoms with Gasteiger partial charge in [-0.05, 0) is 25.5 Å². The van der Waals surface area contributed by atoms with Gasteiger partial charge < -0.3 is 9.64 Å². The van der Waals surface area contributed by atoms with Crippen LogP contribution in [0.25, 0.3) is 0 Å². The number of ether oxygens (including phenoxy) is 1. The normalized spacial score (nSPS) is 12.3. The Balaban J connectivity index is 3.12. The standard InChI is InChI=1S/C14H18BrF2NO2/c1-4-9(2)18(5-6-20-3)14(19)13-11(16)7-10(15)8-12(13)17/h7-9H,4-6H2,1-3H3. The quantitative estimate of drug-likeness (QED) is 0.784. The first-order valence-electron chi connectivity index (χ1n) is 6.36. The van der Waals surface area contributed by atoms with E-state index in [2.05, 4.69) is 15.9 Å². The van der Waals surface area contributed by atoms with Gasteiger partial charge in [-0.15, -0.1) is 0 Å². The highest BCUT2D eigenvalue weighted by Gasteiger charge is 2.26. The SMILES string of the molecule is CCC(C)N(CCOC)C(=O)c1c(F)cc(Br)cc1F. The van der Waals surface area contributed by atoms with Gasteiger partial charge in [0.2, 0.25) is 0 Å². The maximum absolute atomic E-state index is 13.9. The molecule has 0 saturated carbocycles. The Bertz CT molecular complexity index is 459. The van der Waals surface area contributed by atoms with Gasteiger partial charge in [-0.25, -0.2) is 8.78 Å². The molecule has 0 heterocycles. The Hall–Kier alpha value is -1.01. The van der Waals surface area contributed by atoms with Gasteiger partial charge in [0.05, 0.1) is 6.61 Å². The van der Waals surface area contributed by atoms with Crippen LogP contribution in [0.5, 0.6) is 0 Å². The number of methoxy groups -OCH3 is 1. The zero-order valence-electron chi connectivity index (χ0n) is 11.8. The van der Waals surface area contributed by atoms with Crippen LogP contribution in [0.1, 0.15) is 30.6 Å². The lowest BCUT2D eigenvalue weighted by molar-refractivity contribution is 0.0604. The van der Waals surface area contributed by atoms with Crippen molar-refractivity contribution in [3.8, 4) is 0 Å². The first-order chi connectivity index (χ1) is 9.42. The second-order valence-corrected chi connectivity index (χ2v) is 5.41. The molecule has 1 atom stereocenters. The number of amides is 1. The van der Waals surface area contributed by atoms with Crippen LogP contribution < -0.4 is 0 Å². The number of nitrogens with zero attached hydrogens (tertiary/aromatic N) is 1. The van der Waals surface area contributed by atoms with Crippen molar-refractivity contribution in [2.45, 2.75) is 26.3 Å². The summed E-state index contributed by atoms with van der Waals surface area (Å²) in [5.41, 5.74) is -0.524. The minimum absolute atomic E-state index is 0.125. The van der Waals surface area contributed by atoms with E-state index in [-0.39, 0.29) is 10.5 Å². The molecule has 0 spiro atoms. The van der Waals surface area contributed by atoms with Crippen LogP contribution in [0.2, 0.25) is 0 Å². The summed E-state index contributed by atoms with van der Waals surface area (Å²) in [4.78, 5) is 13.8. The van der Waals surface area contributed by atoms with Gasteiger partial charge in [0.15, 0.2) is 0 Å². The number of carbonyl (C=O) groups is 1. The molecule has 0 aliphatic rings. The zero-order chi connectivity index (χ0) is 15.3. The average molecular weight is 350 g/mol. The minimum Gasteiger partial charge on any atom is -0.383 e. The summed E-state index contributed by atoms with van der Waals surface area (Å²) >= 11 is 2.99. The van der Waals surface area contributed by atoms with Gasteiger partial charge >= 0.3 is 0 Å². The van der Waals surface area contributed by atoms with Crippen molar-refractivity contribution < 1.29 is 18.3 Å². The van der Waals surface area contributed by atoms with Crippen molar-refractivity contribution in [2.75, 3.05) is 20.3 Å². The molecule has 0 aliphatic heterocycles. The molecular weight excluding hydrogens is 332 g/mol. The third-order valence-electron chi connectivity index (χ3n) is 3.14. The van der Waals surface area contributed by atoms with E-state index in [1.165, 1.54) is 12.0 Å². The van der Waals surface area contributed by atoms with E-state index in [9.17, 15) is 13.6 Å². The lowest BCUT2D eigenvalue weighted by atomic mass is 10.1. The molecule has 1 aromatic rings. The molecular formula is C14H18BrF2NO2. The minimum atomic E-state index is -0.868. The molecule has 3 nitrogen and oxygen atoms in total. The summed E-state index contributed by atoms with van der Waals surface area (Å²) in [6, 6.07) is 2.04. The largest absolute Gasteiger partial charge is 0.383 e. The number of hydrogen-bond donors (Lipinski definition) is 0. The topological polar surface area (TPSA) is 29.5 Å². The lowest BCUT2D eigenvalue weighted by Gasteiger charge is -2.28. The molecule has 0 N–H and O–H groups in total. The first kappa shape index (κ1) is 17.0. The van der Waals surface area contributed by atoms with Crippen molar-refractivity contribution >= 4 is 21.8 Å². The molecule has 1 unspecified atom stereocenters. The smallest absolute Gasteiger partial charge is 0.260 e. The Morgan fingerprint density at radius 3 is 2.40 bits per heavy atom. The summed E-state index contributed by atoms with van der Waals surface area (Å²) < 4.78 is 32.9. The third kappa shape index (κ3) is 3.99. The monoisotopic (exact) mass is 349 g/mol. The fraction of sp³-hybridized carbons (Fsp3) is 0.500. The number of rotatable bonds is 6. The first-order valence-corrected chi connectivity index (χ1v) is 7.16. The fourth-order valence-corrected chi connectivity index (χ4v) is 2.22. The summed E-state index contributed by atoms with van der Waals surface area (Å²) in [5, 5.41) is 0. The van der Waals surface area contributed by atoms with Crippen LogP contribution in [-0.4, -0.2) is 37.1 Å². The highest BCUT2D eigenvalue weighted by Crippen LogP contribution is 2.22. The van der Waals surface area contributed by atoms with E-state index in [0.717, 1.165) is 12.1 Å². The van der Waals surface area contributed by atoms with Gasteiger partial charge in [-0.1, -0.05) is 22.9 Å². The molecule has 1 amide bonds. The van der Waals surface area contributed by atoms with Crippen LogP contribution in [-0.2, 0) is 4.74 Å². The van der Waals surface area contributed by atoms with Crippen molar-refractivity contribution in [1.29, 1.82) is 0 Å². The summed E-state index contributed by atoms with van der Waals surface area (Å²) in [5.74, 6) is -2.39. The fourth-order valence-electron chi connectivity index (χ4n) is 1.82. The van der Waals surface area contributed by atoms with E-state index in [0.29, 0.717) is 19.6 Å². The number of hydrogen-bond acceptors (Lipinski definition) is 2. The van der Waals surface area contributed by atoms with Gasteiger partial charge in [0, 0.05) is 24.2 Å². The molecule has 0 aliphatic carbocycles. The molecule has 20 heavy (non-hydrogen) atoms. The van der Waals surface area contributed by atoms with Crippen LogP contribution >= 0.6 is 15.9 Å². The maximum Gasteiger partial charge on any atom is 0.260 e. The number of benzene rings is 1. The van der Waals surface area contributed by atoms with E-state index in [1.807, 2.05) is 13.8 Å². The molecule has 0 saturated heterocycles. The zero-order valence-corrected chi connectivity index (χ0v) is 13.3. The summed E-state index contributed by atoms with van der Waals surface area (Å²) in [7, 11) is 1.51. The summed E-state index contributed by atoms with van der Waals surface area (Å²) in [6.07, 6.45) is 0.690. The molecule has 1 rings (SSSR count). The van der Waals surface area contributed by atoms with E-state index in [4.69, 9.17) is 4.74 Å². The third-order valence-corrected chi connectivity index (χ3v) is 3.60. The van der Waals surface area contributed by atoms with Crippen molar-refractivity contribution in [3.63, 3.8) is 0 Å². The highest BCUT2D eigenvalue weighted by molar-refractivity contribution is 9.10. The van der Waals surface area contributed by atoms with E-state index < -0.39 is 23.1 Å². The van der Waals surface area contributed by atoms with E-state index >= 15 is 0 Å². The molecule has 1 aromatic carbocycles. The number of carbonyl (C=O) groups excluding carboxylic acids is 1. The Kier molecular flexibility index (Phi) is 6.55. The maximum atomic E-state index is 13.9. The van der Waals surface area contributed by atoms with Crippen LogP contribution in [0.4, 0.5) is 8.78 Å². The Morgan fingerprint density at radius 1 is 1.40 bits per heavy atom. The molecule has 112 valence electrons. The molecule has 0 fully saturated rings. The predicted octanol–water partition coefficient (Wildman–Crippen LogP) is 3.61. The van der Waals surface area contributed by atoms with Crippen LogP contribution in [0.15, 0.2) is 16.6 Å². The second-order valence-electron chi connectivity index (χ2n) is 4.49. The predicted molar refractivity (Wildman–Crippen MR) is 76.7 cm³/mol. The molecule has 6 heteroatoms. The van der Waals surface area contributed by atoms with Crippen LogP contribution in [0.3, 0.4) is 0 Å². The lowest BCUT2D eigenvalue weighted by Crippen LogP contribution is -2.41. The highest BCUT2D eigenvalue weighted by atomic mass is 79.9. The van der Waals surface area contributed by atoms with Crippen molar-refractivity contribution in [3.05, 3.63) is 33.8 Å². The number of halogens is 3. The summed E-state index contributed by atoms with van der Waals surface area (Å²) in [6.45, 7) is 4.35. The van der Waals surface area contributed by atoms with Crippen molar-refractivity contribution in [1.82, 2.24) is 4.90 Å². The van der Waals surface area contributed by atoms with Crippen molar-refractivity contribution in [2.24, 2.45) is 0 Å². The van der Waals surface area contributed by atoms with Crippen LogP contribution in [0, 0.1) is 11.6 Å². The Morgan fingerprint density at radius 2 is 1.95 bits per heavy atom. The Labute approximate surface area is 126 Å². The van der Waals surface area contributed by atoms with Gasteiger partial charge in [0.25, 0.3) is 5.91 Å². The molecule has 0 bridgehead atoms. The second kappa shape index (κ2) is 7.69. The molecule has 0 aromatic heterocycles. The van der Waals surface area contributed by atoms with Gasteiger partial charge in [-0.2, -0.15) is 0 Å². The average Bonchev–Trinajstić information content (AvgIpc) is 2.37. The van der Waals surface area contributed by atoms with Gasteiger partial charge in [-0.3, -0.25) is 4.79 Å².